The van der Waals surface area contributed by atoms with Crippen LogP contribution in [0.4, 0.5) is 21.9 Å². The molecule has 2 aromatic rings. The van der Waals surface area contributed by atoms with Gasteiger partial charge in [-0.2, -0.15) is 0 Å². The number of benzene rings is 2. The summed E-state index contributed by atoms with van der Waals surface area (Å²) in [6, 6.07) is 10.4. The Kier molecular flexibility index (Phi) is 5.82. The van der Waals surface area contributed by atoms with E-state index in [-0.39, 0.29) is 29.3 Å². The van der Waals surface area contributed by atoms with Gasteiger partial charge in [-0.1, -0.05) is 12.1 Å². The van der Waals surface area contributed by atoms with E-state index in [1.54, 1.807) is 7.11 Å². The van der Waals surface area contributed by atoms with Crippen LogP contribution in [-0.2, 0) is 16.1 Å². The van der Waals surface area contributed by atoms with Gasteiger partial charge in [-0.05, 0) is 62.8 Å². The summed E-state index contributed by atoms with van der Waals surface area (Å²) in [5.41, 5.74) is 12.1. The lowest BCUT2D eigenvalue weighted by molar-refractivity contribution is -0.127. The van der Waals surface area contributed by atoms with Crippen LogP contribution in [0.5, 0.6) is 5.75 Å². The number of methoxy groups -OCH3 is 1. The van der Waals surface area contributed by atoms with Crippen LogP contribution in [0.15, 0.2) is 30.3 Å². The number of aryl methyl sites for hydroxylation is 2. The molecule has 2 N–H and O–H groups in total. The van der Waals surface area contributed by atoms with Crippen molar-refractivity contribution in [3.8, 4) is 5.75 Å². The number of fused-ring (bicyclic) bond motifs is 1. The molecule has 196 valence electrons. The molecule has 1 spiro atoms. The number of carbonyl (C=O) groups is 2. The summed E-state index contributed by atoms with van der Waals surface area (Å²) in [6.45, 7) is 8.24. The molecule has 8 heteroatoms. The van der Waals surface area contributed by atoms with Crippen molar-refractivity contribution in [1.82, 2.24) is 4.90 Å². The lowest BCUT2D eigenvalue weighted by atomic mass is 9.77. The quantitative estimate of drug-likeness (QED) is 0.657. The van der Waals surface area contributed by atoms with Crippen LogP contribution in [0.3, 0.4) is 0 Å². The number of nitrogens with two attached hydrogens (primary N) is 1. The first kappa shape index (κ1) is 24.1. The molecule has 1 saturated carbocycles. The van der Waals surface area contributed by atoms with E-state index in [1.165, 1.54) is 11.1 Å². The third kappa shape index (κ3) is 3.93. The minimum Gasteiger partial charge on any atom is -0.496 e. The maximum atomic E-state index is 14.4. The van der Waals surface area contributed by atoms with Gasteiger partial charge >= 0.3 is 6.03 Å². The standard InChI is InChI=1S/C29H36N4O4/c1-18-5-11-24(31-14-29(15-31)16-37-17-29)26-23(18)13-32(21-9-6-20(7-10-21)27(30)34)28(35)33(26)22-8-4-19(2)25(12-22)36-3/h4-5,8,11-12,20-21H,6-7,9-10,13-17H2,1-3H3,(H2,30,34). The zero-order chi connectivity index (χ0) is 25.9. The largest absolute Gasteiger partial charge is 0.496 e. The lowest BCUT2D eigenvalue weighted by Gasteiger charge is -2.57. The molecule has 2 saturated heterocycles. The summed E-state index contributed by atoms with van der Waals surface area (Å²) in [4.78, 5) is 32.4. The number of nitrogens with zero attached hydrogens (tertiary/aromatic N) is 3. The molecule has 0 atom stereocenters. The van der Waals surface area contributed by atoms with Gasteiger partial charge < -0.3 is 25.0 Å². The van der Waals surface area contributed by atoms with Gasteiger partial charge in [0.2, 0.25) is 5.91 Å². The van der Waals surface area contributed by atoms with Crippen molar-refractivity contribution in [2.24, 2.45) is 17.1 Å². The topological polar surface area (TPSA) is 88.3 Å². The first-order chi connectivity index (χ1) is 17.8. The summed E-state index contributed by atoms with van der Waals surface area (Å²) in [6.07, 6.45) is 3.03. The predicted molar refractivity (Wildman–Crippen MR) is 142 cm³/mol. The minimum absolute atomic E-state index is 0.0185. The fourth-order valence-corrected chi connectivity index (χ4v) is 6.54. The van der Waals surface area contributed by atoms with E-state index in [2.05, 4.69) is 24.0 Å². The summed E-state index contributed by atoms with van der Waals surface area (Å²) in [7, 11) is 1.66. The highest BCUT2D eigenvalue weighted by molar-refractivity contribution is 6.06. The molecule has 1 aliphatic carbocycles. The van der Waals surface area contributed by atoms with Crippen molar-refractivity contribution in [3.05, 3.63) is 47.0 Å². The molecule has 3 amide bonds. The Labute approximate surface area is 218 Å². The van der Waals surface area contributed by atoms with Gasteiger partial charge in [0.05, 0.1) is 49.3 Å². The van der Waals surface area contributed by atoms with Gasteiger partial charge in [0, 0.05) is 36.7 Å². The number of urea groups is 1. The van der Waals surface area contributed by atoms with Crippen LogP contribution in [0.2, 0.25) is 0 Å². The number of primary amides is 1. The van der Waals surface area contributed by atoms with Crippen LogP contribution < -0.4 is 20.3 Å². The van der Waals surface area contributed by atoms with Gasteiger partial charge in [-0.3, -0.25) is 9.69 Å². The summed E-state index contributed by atoms with van der Waals surface area (Å²) < 4.78 is 11.1. The van der Waals surface area contributed by atoms with Gasteiger partial charge in [0.1, 0.15) is 5.75 Å². The molecular weight excluding hydrogens is 468 g/mol. The normalized spacial score (nSPS) is 24.4. The maximum Gasteiger partial charge on any atom is 0.329 e. The third-order valence-electron chi connectivity index (χ3n) is 8.88. The smallest absolute Gasteiger partial charge is 0.329 e. The van der Waals surface area contributed by atoms with Crippen LogP contribution in [0.1, 0.15) is 42.4 Å². The van der Waals surface area contributed by atoms with Gasteiger partial charge in [0.25, 0.3) is 0 Å². The number of hydrogen-bond acceptors (Lipinski definition) is 5. The lowest BCUT2D eigenvalue weighted by Crippen LogP contribution is -2.66. The first-order valence-electron chi connectivity index (χ1n) is 13.3. The van der Waals surface area contributed by atoms with Crippen molar-refractivity contribution < 1.29 is 19.1 Å². The van der Waals surface area contributed by atoms with Crippen molar-refractivity contribution in [2.75, 3.05) is 43.2 Å². The number of anilines is 3. The van der Waals surface area contributed by atoms with Crippen LogP contribution in [-0.4, -0.2) is 56.3 Å². The molecular formula is C29H36N4O4. The van der Waals surface area contributed by atoms with E-state index < -0.39 is 0 Å². The molecule has 3 fully saturated rings. The highest BCUT2D eigenvalue weighted by atomic mass is 16.5. The molecule has 0 bridgehead atoms. The molecule has 3 aliphatic heterocycles. The minimum atomic E-state index is -0.230. The Morgan fingerprint density at radius 3 is 2.38 bits per heavy atom. The Morgan fingerprint density at radius 2 is 1.76 bits per heavy atom. The van der Waals surface area contributed by atoms with Gasteiger partial charge in [-0.25, -0.2) is 4.79 Å². The van der Waals surface area contributed by atoms with Crippen molar-refractivity contribution in [3.63, 3.8) is 0 Å². The average molecular weight is 505 g/mol. The molecule has 0 unspecified atom stereocenters. The first-order valence-corrected chi connectivity index (χ1v) is 13.3. The van der Waals surface area contributed by atoms with Gasteiger partial charge in [-0.15, -0.1) is 0 Å². The average Bonchev–Trinajstić information content (AvgIpc) is 2.84. The van der Waals surface area contributed by atoms with Crippen molar-refractivity contribution >= 4 is 29.0 Å². The molecule has 4 aliphatic rings. The predicted octanol–water partition coefficient (Wildman–Crippen LogP) is 4.27. The zero-order valence-corrected chi connectivity index (χ0v) is 22.0. The highest BCUT2D eigenvalue weighted by Gasteiger charge is 2.50. The molecule has 8 nitrogen and oxygen atoms in total. The van der Waals surface area contributed by atoms with E-state index in [4.69, 9.17) is 15.2 Å². The summed E-state index contributed by atoms with van der Waals surface area (Å²) in [5.74, 6) is 0.435. The van der Waals surface area contributed by atoms with Gasteiger partial charge in [0.15, 0.2) is 0 Å². The number of carbonyl (C=O) groups excluding carboxylic acids is 2. The second-order valence-corrected chi connectivity index (χ2v) is 11.4. The molecule has 6 rings (SSSR count). The van der Waals surface area contributed by atoms with Crippen molar-refractivity contribution in [2.45, 2.75) is 52.1 Å². The molecule has 0 aromatic heterocycles. The van der Waals surface area contributed by atoms with E-state index in [9.17, 15) is 9.59 Å². The monoisotopic (exact) mass is 504 g/mol. The van der Waals surface area contributed by atoms with E-state index in [0.29, 0.717) is 6.54 Å². The molecule has 0 radical (unpaired) electrons. The Hall–Kier alpha value is -3.26. The number of amides is 3. The number of ether oxygens (including phenoxy) is 2. The van der Waals surface area contributed by atoms with Crippen LogP contribution in [0.25, 0.3) is 0 Å². The Morgan fingerprint density at radius 1 is 1.05 bits per heavy atom. The van der Waals surface area contributed by atoms with Crippen molar-refractivity contribution in [1.29, 1.82) is 0 Å². The van der Waals surface area contributed by atoms with E-state index >= 15 is 0 Å². The summed E-state index contributed by atoms with van der Waals surface area (Å²) >= 11 is 0. The Bertz CT molecular complexity index is 1240. The maximum absolute atomic E-state index is 14.4. The van der Waals surface area contributed by atoms with E-state index in [1.807, 2.05) is 34.9 Å². The van der Waals surface area contributed by atoms with Crippen LogP contribution >= 0.6 is 0 Å². The SMILES string of the molecule is COc1cc(N2C(=O)N(C3CCC(C(N)=O)CC3)Cc3c(C)ccc(N4CC5(COC5)C4)c32)ccc1C. The zero-order valence-electron chi connectivity index (χ0n) is 22.0. The Balaban J connectivity index is 1.42. The fraction of sp³-hybridized carbons (Fsp3) is 0.517. The highest BCUT2D eigenvalue weighted by Crippen LogP contribution is 2.49. The second kappa shape index (κ2) is 8.94. The number of hydrogen-bond donors (Lipinski definition) is 1. The molecule has 37 heavy (non-hydrogen) atoms. The van der Waals surface area contributed by atoms with E-state index in [0.717, 1.165) is 80.4 Å². The third-order valence-corrected chi connectivity index (χ3v) is 8.88. The summed E-state index contributed by atoms with van der Waals surface area (Å²) in [5, 5.41) is 0. The molecule has 3 heterocycles. The number of rotatable bonds is 5. The van der Waals surface area contributed by atoms with Crippen LogP contribution in [0, 0.1) is 25.2 Å². The molecule has 2 aromatic carbocycles. The second-order valence-electron chi connectivity index (χ2n) is 11.4. The fourth-order valence-electron chi connectivity index (χ4n) is 6.54.